The number of benzene rings is 3. The van der Waals surface area contributed by atoms with Gasteiger partial charge >= 0.3 is 0 Å². The van der Waals surface area contributed by atoms with Crippen LogP contribution in [0, 0.1) is 13.8 Å². The van der Waals surface area contributed by atoms with Gasteiger partial charge in [-0.05, 0) is 57.2 Å². The first kappa shape index (κ1) is 22.9. The van der Waals surface area contributed by atoms with E-state index in [1.165, 1.54) is 22.9 Å². The summed E-state index contributed by atoms with van der Waals surface area (Å²) in [6, 6.07) is 24.1. The van der Waals surface area contributed by atoms with E-state index in [2.05, 4.69) is 51.6 Å². The molecule has 0 amide bonds. The number of ether oxygens (including phenoxy) is 1. The molecule has 0 aliphatic heterocycles. The zero-order valence-corrected chi connectivity index (χ0v) is 20.8. The third-order valence-electron chi connectivity index (χ3n) is 5.64. The molecule has 1 atom stereocenters. The summed E-state index contributed by atoms with van der Waals surface area (Å²) in [5, 5.41) is 18.2. The summed E-state index contributed by atoms with van der Waals surface area (Å²) in [5.74, 6) is 2.47. The summed E-state index contributed by atoms with van der Waals surface area (Å²) in [6.07, 6.45) is 0. The average Bonchev–Trinajstić information content (AvgIpc) is 3.53. The maximum Gasteiger partial charge on any atom is 0.247 e. The van der Waals surface area contributed by atoms with E-state index in [1.54, 1.807) is 7.11 Å². The van der Waals surface area contributed by atoms with Crippen molar-refractivity contribution in [3.05, 3.63) is 89.8 Å². The van der Waals surface area contributed by atoms with Crippen molar-refractivity contribution in [1.82, 2.24) is 25.0 Å². The van der Waals surface area contributed by atoms with Crippen LogP contribution in [-0.4, -0.2) is 32.1 Å². The lowest BCUT2D eigenvalue weighted by atomic mass is 10.1. The summed E-state index contributed by atoms with van der Waals surface area (Å²) >= 11 is 1.51. The van der Waals surface area contributed by atoms with Crippen molar-refractivity contribution in [1.29, 1.82) is 0 Å². The fourth-order valence-corrected chi connectivity index (χ4v) is 4.59. The summed E-state index contributed by atoms with van der Waals surface area (Å²) in [5.41, 5.74) is 5.08. The van der Waals surface area contributed by atoms with Crippen LogP contribution in [0.2, 0.25) is 0 Å². The Labute approximate surface area is 208 Å². The maximum atomic E-state index is 6.01. The Balaban J connectivity index is 1.51. The van der Waals surface area contributed by atoms with E-state index < -0.39 is 0 Å². The molecule has 5 aromatic rings. The number of thioether (sulfide) groups is 1. The molecule has 0 bridgehead atoms. The molecule has 0 aliphatic rings. The Morgan fingerprint density at radius 1 is 0.829 bits per heavy atom. The minimum absolute atomic E-state index is 0.138. The lowest BCUT2D eigenvalue weighted by molar-refractivity contribution is 0.416. The van der Waals surface area contributed by atoms with Crippen LogP contribution in [-0.2, 0) is 0 Å². The van der Waals surface area contributed by atoms with Crippen molar-refractivity contribution in [2.24, 2.45) is 0 Å². The van der Waals surface area contributed by atoms with Crippen molar-refractivity contribution in [3.8, 4) is 34.3 Å². The molecule has 0 saturated heterocycles. The monoisotopic (exact) mass is 483 g/mol. The second-order valence-corrected chi connectivity index (χ2v) is 9.56. The van der Waals surface area contributed by atoms with E-state index >= 15 is 0 Å². The quantitative estimate of drug-likeness (QED) is 0.246. The Kier molecular flexibility index (Phi) is 6.37. The van der Waals surface area contributed by atoms with E-state index in [4.69, 9.17) is 9.15 Å². The predicted octanol–water partition coefficient (Wildman–Crippen LogP) is 6.46. The zero-order valence-electron chi connectivity index (χ0n) is 20.0. The van der Waals surface area contributed by atoms with Gasteiger partial charge < -0.3 is 9.15 Å². The average molecular weight is 484 g/mol. The van der Waals surface area contributed by atoms with Gasteiger partial charge in [0.2, 0.25) is 11.8 Å². The minimum Gasteiger partial charge on any atom is -0.496 e. The Bertz CT molecular complexity index is 1440. The third kappa shape index (κ3) is 4.70. The molecule has 35 heavy (non-hydrogen) atoms. The topological polar surface area (TPSA) is 78.9 Å². The molecule has 0 saturated carbocycles. The molecule has 176 valence electrons. The van der Waals surface area contributed by atoms with Crippen LogP contribution >= 0.6 is 11.8 Å². The van der Waals surface area contributed by atoms with Crippen molar-refractivity contribution in [3.63, 3.8) is 0 Å². The molecule has 0 spiro atoms. The highest BCUT2D eigenvalue weighted by Crippen LogP contribution is 2.38. The van der Waals surface area contributed by atoms with Gasteiger partial charge in [-0.3, -0.25) is 4.57 Å². The van der Waals surface area contributed by atoms with Crippen molar-refractivity contribution in [2.45, 2.75) is 31.2 Å². The van der Waals surface area contributed by atoms with Crippen LogP contribution in [0.3, 0.4) is 0 Å². The van der Waals surface area contributed by atoms with Gasteiger partial charge in [0.25, 0.3) is 0 Å². The minimum atomic E-state index is -0.138. The van der Waals surface area contributed by atoms with Gasteiger partial charge in [0, 0.05) is 11.3 Å². The van der Waals surface area contributed by atoms with Crippen LogP contribution in [0.15, 0.2) is 82.4 Å². The molecule has 5 rings (SSSR count). The summed E-state index contributed by atoms with van der Waals surface area (Å²) < 4.78 is 13.7. The number of rotatable bonds is 7. The van der Waals surface area contributed by atoms with E-state index in [0.717, 1.165) is 27.7 Å². The highest BCUT2D eigenvalue weighted by molar-refractivity contribution is 7.99. The van der Waals surface area contributed by atoms with Crippen LogP contribution in [0.25, 0.3) is 28.5 Å². The van der Waals surface area contributed by atoms with E-state index in [0.29, 0.717) is 17.6 Å². The van der Waals surface area contributed by atoms with E-state index in [9.17, 15) is 0 Å². The van der Waals surface area contributed by atoms with Crippen LogP contribution < -0.4 is 4.74 Å². The zero-order chi connectivity index (χ0) is 24.4. The Hall–Kier alpha value is -3.91. The van der Waals surface area contributed by atoms with Crippen LogP contribution in [0.4, 0.5) is 0 Å². The molecule has 7 nitrogen and oxygen atoms in total. The van der Waals surface area contributed by atoms with Gasteiger partial charge in [-0.15, -0.1) is 20.4 Å². The molecule has 0 fully saturated rings. The molecule has 3 aromatic carbocycles. The lowest BCUT2D eigenvalue weighted by Gasteiger charge is -2.13. The Morgan fingerprint density at radius 3 is 2.23 bits per heavy atom. The second kappa shape index (κ2) is 9.76. The Morgan fingerprint density at radius 2 is 1.51 bits per heavy atom. The van der Waals surface area contributed by atoms with Gasteiger partial charge in [-0.25, -0.2) is 0 Å². The molecule has 0 radical (unpaired) electrons. The molecule has 8 heteroatoms. The maximum absolute atomic E-state index is 6.01. The number of nitrogens with zero attached hydrogens (tertiary/aromatic N) is 5. The summed E-state index contributed by atoms with van der Waals surface area (Å²) in [7, 11) is 1.66. The number of aromatic nitrogens is 5. The van der Waals surface area contributed by atoms with Crippen LogP contribution in [0.1, 0.15) is 29.2 Å². The fraction of sp³-hybridized carbons (Fsp3) is 0.185. The van der Waals surface area contributed by atoms with Gasteiger partial charge in [0.1, 0.15) is 5.75 Å². The number of hydrogen-bond donors (Lipinski definition) is 0. The molecule has 2 aromatic heterocycles. The SMILES string of the molecule is COc1ccccc1-c1nnc(SC(C)c2nnc(-c3ccc(C)cc3)o2)n1-c1ccc(C)cc1. The van der Waals surface area contributed by atoms with Crippen molar-refractivity contribution >= 4 is 11.8 Å². The van der Waals surface area contributed by atoms with Gasteiger partial charge in [-0.1, -0.05) is 59.3 Å². The first-order valence-corrected chi connectivity index (χ1v) is 12.1. The summed E-state index contributed by atoms with van der Waals surface area (Å²) in [6.45, 7) is 6.13. The standard InChI is InChI=1S/C27H25N5O2S/c1-17-9-13-20(14-10-17)26-30-29-25(34-26)19(3)35-27-31-28-24(22-7-5-6-8-23(22)33-4)32(27)21-15-11-18(2)12-16-21/h5-16,19H,1-4H3. The van der Waals surface area contributed by atoms with Crippen LogP contribution in [0.5, 0.6) is 5.75 Å². The lowest BCUT2D eigenvalue weighted by Crippen LogP contribution is -2.02. The van der Waals surface area contributed by atoms with Gasteiger partial charge in [-0.2, -0.15) is 0 Å². The predicted molar refractivity (Wildman–Crippen MR) is 137 cm³/mol. The normalized spacial score (nSPS) is 12.0. The van der Waals surface area contributed by atoms with Crippen molar-refractivity contribution in [2.75, 3.05) is 7.11 Å². The number of para-hydroxylation sites is 1. The first-order valence-electron chi connectivity index (χ1n) is 11.3. The number of hydrogen-bond acceptors (Lipinski definition) is 7. The third-order valence-corrected chi connectivity index (χ3v) is 6.67. The molecule has 0 N–H and O–H groups in total. The molecule has 1 unspecified atom stereocenters. The highest BCUT2D eigenvalue weighted by atomic mass is 32.2. The smallest absolute Gasteiger partial charge is 0.247 e. The van der Waals surface area contributed by atoms with Gasteiger partial charge in [0.05, 0.1) is 17.9 Å². The molecular weight excluding hydrogens is 458 g/mol. The van der Waals surface area contributed by atoms with E-state index in [1.807, 2.05) is 66.9 Å². The largest absolute Gasteiger partial charge is 0.496 e. The summed E-state index contributed by atoms with van der Waals surface area (Å²) in [4.78, 5) is 0. The number of methoxy groups -OCH3 is 1. The van der Waals surface area contributed by atoms with Crippen molar-refractivity contribution < 1.29 is 9.15 Å². The second-order valence-electron chi connectivity index (χ2n) is 8.25. The highest BCUT2D eigenvalue weighted by Gasteiger charge is 2.23. The fourth-order valence-electron chi connectivity index (χ4n) is 3.70. The first-order chi connectivity index (χ1) is 17.0. The number of aryl methyl sites for hydroxylation is 2. The molecular formula is C27H25N5O2S. The molecule has 2 heterocycles. The molecule has 0 aliphatic carbocycles. The van der Waals surface area contributed by atoms with E-state index in [-0.39, 0.29) is 5.25 Å². The van der Waals surface area contributed by atoms with Gasteiger partial charge in [0.15, 0.2) is 11.0 Å².